The zero-order chi connectivity index (χ0) is 14.1. The van der Waals surface area contributed by atoms with Gasteiger partial charge in [-0.25, -0.2) is 8.42 Å². The molecule has 0 bridgehead atoms. The third kappa shape index (κ3) is 6.87. The molecule has 108 valence electrons. The Morgan fingerprint density at radius 3 is 2.26 bits per heavy atom. The van der Waals surface area contributed by atoms with Gasteiger partial charge in [0.15, 0.2) is 9.84 Å². The Bertz CT molecular complexity index is 455. The summed E-state index contributed by atoms with van der Waals surface area (Å²) in [4.78, 5) is 0.370. The lowest BCUT2D eigenvalue weighted by Gasteiger charge is -2.07. The first-order valence-corrected chi connectivity index (χ1v) is 9.85. The summed E-state index contributed by atoms with van der Waals surface area (Å²) in [6.07, 6.45) is 8.35. The van der Waals surface area contributed by atoms with Crippen LogP contribution in [0.1, 0.15) is 25.7 Å². The summed E-state index contributed by atoms with van der Waals surface area (Å²) in [5, 5.41) is 3.31. The molecule has 1 N–H and O–H groups in total. The molecule has 1 rings (SSSR count). The van der Waals surface area contributed by atoms with Gasteiger partial charge in [0.1, 0.15) is 0 Å². The highest BCUT2D eigenvalue weighted by atomic mass is 32.2. The van der Waals surface area contributed by atoms with Crippen LogP contribution >= 0.6 is 11.8 Å². The summed E-state index contributed by atoms with van der Waals surface area (Å²) in [6, 6.07) is 6.94. The highest BCUT2D eigenvalue weighted by molar-refractivity contribution is 7.98. The van der Waals surface area contributed by atoms with Gasteiger partial charge < -0.3 is 5.32 Å². The minimum absolute atomic E-state index is 0.370. The van der Waals surface area contributed by atoms with Gasteiger partial charge in [-0.15, -0.1) is 0 Å². The van der Waals surface area contributed by atoms with Crippen LogP contribution in [0.25, 0.3) is 0 Å². The van der Waals surface area contributed by atoms with E-state index in [4.69, 9.17) is 0 Å². The first kappa shape index (κ1) is 16.4. The van der Waals surface area contributed by atoms with Crippen molar-refractivity contribution in [3.8, 4) is 0 Å². The van der Waals surface area contributed by atoms with Gasteiger partial charge in [0, 0.05) is 18.5 Å². The van der Waals surface area contributed by atoms with Crippen LogP contribution in [0.2, 0.25) is 0 Å². The molecule has 1 aromatic carbocycles. The molecule has 19 heavy (non-hydrogen) atoms. The van der Waals surface area contributed by atoms with Gasteiger partial charge in [-0.1, -0.05) is 12.8 Å². The number of nitrogens with one attached hydrogen (secondary N) is 1. The Hall–Kier alpha value is -0.680. The van der Waals surface area contributed by atoms with Crippen molar-refractivity contribution in [2.45, 2.75) is 30.6 Å². The average Bonchev–Trinajstić information content (AvgIpc) is 2.37. The van der Waals surface area contributed by atoms with Gasteiger partial charge in [0.2, 0.25) is 0 Å². The molecular weight excluding hydrogens is 278 g/mol. The number of rotatable bonds is 9. The standard InChI is InChI=1S/C14H23NO2S2/c1-18-12-6-4-3-5-11-15-13-7-9-14(10-8-13)19(2,16)17/h7-10,15H,3-6,11-12H2,1-2H3. The smallest absolute Gasteiger partial charge is 0.175 e. The molecule has 0 aromatic heterocycles. The van der Waals surface area contributed by atoms with Crippen molar-refractivity contribution < 1.29 is 8.42 Å². The minimum Gasteiger partial charge on any atom is -0.385 e. The highest BCUT2D eigenvalue weighted by Crippen LogP contribution is 2.14. The molecule has 0 heterocycles. The normalized spacial score (nSPS) is 11.5. The molecular formula is C14H23NO2S2. The molecule has 5 heteroatoms. The van der Waals surface area contributed by atoms with E-state index in [0.717, 1.165) is 18.7 Å². The van der Waals surface area contributed by atoms with Gasteiger partial charge in [0.05, 0.1) is 4.90 Å². The monoisotopic (exact) mass is 301 g/mol. The van der Waals surface area contributed by atoms with Crippen molar-refractivity contribution in [1.29, 1.82) is 0 Å². The van der Waals surface area contributed by atoms with Crippen LogP contribution in [0, 0.1) is 0 Å². The Kier molecular flexibility index (Phi) is 7.31. The lowest BCUT2D eigenvalue weighted by molar-refractivity contribution is 0.602. The molecule has 0 amide bonds. The second-order valence-electron chi connectivity index (χ2n) is 4.63. The van der Waals surface area contributed by atoms with E-state index in [0.29, 0.717) is 4.90 Å². The van der Waals surface area contributed by atoms with E-state index in [9.17, 15) is 8.42 Å². The van der Waals surface area contributed by atoms with Crippen LogP contribution in [-0.2, 0) is 9.84 Å². The van der Waals surface area contributed by atoms with E-state index < -0.39 is 9.84 Å². The Labute approximate surface area is 121 Å². The first-order chi connectivity index (χ1) is 9.04. The van der Waals surface area contributed by atoms with E-state index >= 15 is 0 Å². The molecule has 0 fully saturated rings. The Morgan fingerprint density at radius 2 is 1.68 bits per heavy atom. The average molecular weight is 301 g/mol. The fraction of sp³-hybridized carbons (Fsp3) is 0.571. The summed E-state index contributed by atoms with van der Waals surface area (Å²) >= 11 is 1.90. The Balaban J connectivity index is 2.23. The van der Waals surface area contributed by atoms with Gasteiger partial charge >= 0.3 is 0 Å². The van der Waals surface area contributed by atoms with Gasteiger partial charge in [-0.05, 0) is 49.1 Å². The molecule has 0 aliphatic carbocycles. The predicted molar refractivity (Wildman–Crippen MR) is 84.9 cm³/mol. The van der Waals surface area contributed by atoms with Crippen LogP contribution in [0.5, 0.6) is 0 Å². The zero-order valence-electron chi connectivity index (χ0n) is 11.7. The van der Waals surface area contributed by atoms with Crippen molar-refractivity contribution in [3.05, 3.63) is 24.3 Å². The maximum Gasteiger partial charge on any atom is 0.175 e. The van der Waals surface area contributed by atoms with Crippen LogP contribution < -0.4 is 5.32 Å². The third-order valence-electron chi connectivity index (χ3n) is 2.89. The molecule has 0 radical (unpaired) electrons. The number of sulfone groups is 1. The number of thioether (sulfide) groups is 1. The second kappa shape index (κ2) is 8.48. The van der Waals surface area contributed by atoms with Crippen LogP contribution in [0.3, 0.4) is 0 Å². The second-order valence-corrected chi connectivity index (χ2v) is 7.63. The largest absolute Gasteiger partial charge is 0.385 e. The number of unbranched alkanes of at least 4 members (excludes halogenated alkanes) is 3. The maximum atomic E-state index is 11.3. The molecule has 1 aromatic rings. The van der Waals surface area contributed by atoms with Crippen LogP contribution in [-0.4, -0.2) is 33.2 Å². The summed E-state index contributed by atoms with van der Waals surface area (Å²) in [5.74, 6) is 1.25. The summed E-state index contributed by atoms with van der Waals surface area (Å²) in [7, 11) is -3.09. The van der Waals surface area contributed by atoms with Crippen molar-refractivity contribution in [1.82, 2.24) is 0 Å². The fourth-order valence-electron chi connectivity index (χ4n) is 1.78. The van der Waals surface area contributed by atoms with Crippen molar-refractivity contribution in [2.75, 3.05) is 30.1 Å². The molecule has 0 atom stereocenters. The van der Waals surface area contributed by atoms with Crippen molar-refractivity contribution in [2.24, 2.45) is 0 Å². The number of anilines is 1. The van der Waals surface area contributed by atoms with Crippen LogP contribution in [0.4, 0.5) is 5.69 Å². The number of hydrogen-bond donors (Lipinski definition) is 1. The molecule has 0 aliphatic rings. The van der Waals surface area contributed by atoms with Crippen molar-refractivity contribution >= 4 is 27.3 Å². The molecule has 0 aliphatic heterocycles. The van der Waals surface area contributed by atoms with Crippen LogP contribution in [0.15, 0.2) is 29.2 Å². The van der Waals surface area contributed by atoms with E-state index in [-0.39, 0.29) is 0 Å². The Morgan fingerprint density at radius 1 is 1.05 bits per heavy atom. The maximum absolute atomic E-state index is 11.3. The fourth-order valence-corrected chi connectivity index (χ4v) is 2.90. The molecule has 0 unspecified atom stereocenters. The van der Waals surface area contributed by atoms with Gasteiger partial charge in [0.25, 0.3) is 0 Å². The summed E-state index contributed by atoms with van der Waals surface area (Å²) in [5.41, 5.74) is 0.983. The number of hydrogen-bond acceptors (Lipinski definition) is 4. The van der Waals surface area contributed by atoms with E-state index in [1.165, 1.54) is 31.3 Å². The SMILES string of the molecule is CSCCCCCCNc1ccc(S(C)(=O)=O)cc1. The lowest BCUT2D eigenvalue weighted by atomic mass is 10.2. The zero-order valence-corrected chi connectivity index (χ0v) is 13.3. The summed E-state index contributed by atoms with van der Waals surface area (Å²) in [6.45, 7) is 0.942. The number of benzene rings is 1. The molecule has 0 spiro atoms. The predicted octanol–water partition coefficient (Wildman–Crippen LogP) is 3.43. The third-order valence-corrected chi connectivity index (χ3v) is 4.71. The minimum atomic E-state index is -3.09. The summed E-state index contributed by atoms with van der Waals surface area (Å²) < 4.78 is 22.6. The first-order valence-electron chi connectivity index (χ1n) is 6.57. The van der Waals surface area contributed by atoms with E-state index in [2.05, 4.69) is 11.6 Å². The molecule has 0 saturated heterocycles. The topological polar surface area (TPSA) is 46.2 Å². The molecule has 0 saturated carbocycles. The van der Waals surface area contributed by atoms with E-state index in [1.807, 2.05) is 23.9 Å². The quantitative estimate of drug-likeness (QED) is 0.710. The van der Waals surface area contributed by atoms with Gasteiger partial charge in [-0.3, -0.25) is 0 Å². The van der Waals surface area contributed by atoms with Crippen molar-refractivity contribution in [3.63, 3.8) is 0 Å². The van der Waals surface area contributed by atoms with E-state index in [1.54, 1.807) is 12.1 Å². The molecule has 3 nitrogen and oxygen atoms in total. The highest BCUT2D eigenvalue weighted by Gasteiger charge is 2.05. The van der Waals surface area contributed by atoms with Gasteiger partial charge in [-0.2, -0.15) is 11.8 Å². The lowest BCUT2D eigenvalue weighted by Crippen LogP contribution is -2.02.